The monoisotopic (exact) mass is 180 g/mol. The summed E-state index contributed by atoms with van der Waals surface area (Å²) in [5, 5.41) is 6.21. The summed E-state index contributed by atoms with van der Waals surface area (Å²) in [5.74, 6) is 4.91. The largest absolute Gasteiger partial charge is 0.341 e. The van der Waals surface area contributed by atoms with Crippen LogP contribution < -0.4 is 10.6 Å². The van der Waals surface area contributed by atoms with Crippen LogP contribution >= 0.6 is 0 Å². The highest BCUT2D eigenvalue weighted by Gasteiger charge is 2.21. The normalized spacial score (nSPS) is 27.2. The number of hydrogen-bond acceptors (Lipinski definition) is 2. The molecule has 13 heavy (non-hydrogen) atoms. The average Bonchev–Trinajstić information content (AvgIpc) is 2.09. The lowest BCUT2D eigenvalue weighted by Gasteiger charge is -2.29. The minimum absolute atomic E-state index is 0.164. The number of carbonyl (C=O) groups is 1. The van der Waals surface area contributed by atoms with E-state index in [0.717, 1.165) is 19.4 Å². The average molecular weight is 180 g/mol. The van der Waals surface area contributed by atoms with E-state index in [1.807, 2.05) is 0 Å². The first-order valence-corrected chi connectivity index (χ1v) is 4.70. The van der Waals surface area contributed by atoms with Gasteiger partial charge in [0, 0.05) is 12.1 Å². The van der Waals surface area contributed by atoms with Crippen molar-refractivity contribution < 1.29 is 4.79 Å². The molecule has 0 bridgehead atoms. The number of piperidine rings is 1. The molecule has 3 heteroatoms. The highest BCUT2D eigenvalue weighted by Crippen LogP contribution is 2.07. The highest BCUT2D eigenvalue weighted by molar-refractivity contribution is 5.93. The molecule has 1 rings (SSSR count). The first-order valence-electron chi connectivity index (χ1n) is 4.70. The molecule has 1 aliphatic rings. The highest BCUT2D eigenvalue weighted by atomic mass is 16.1. The molecule has 0 saturated carbocycles. The zero-order valence-corrected chi connectivity index (χ0v) is 8.18. The van der Waals surface area contributed by atoms with Crippen LogP contribution in [0.1, 0.15) is 26.7 Å². The summed E-state index contributed by atoms with van der Waals surface area (Å²) in [6, 6.07) is 0.596. The molecule has 72 valence electrons. The van der Waals surface area contributed by atoms with Gasteiger partial charge in [-0.05, 0) is 39.2 Å². The van der Waals surface area contributed by atoms with Gasteiger partial charge in [0.1, 0.15) is 0 Å². The number of nitrogens with one attached hydrogen (secondary N) is 2. The van der Waals surface area contributed by atoms with E-state index in [2.05, 4.69) is 29.4 Å². The molecule has 2 atom stereocenters. The van der Waals surface area contributed by atoms with E-state index in [1.165, 1.54) is 0 Å². The van der Waals surface area contributed by atoms with E-state index < -0.39 is 0 Å². The molecule has 0 radical (unpaired) electrons. The van der Waals surface area contributed by atoms with Crippen LogP contribution in [0.5, 0.6) is 0 Å². The predicted molar refractivity (Wildman–Crippen MR) is 52.1 cm³/mol. The molecule has 2 N–H and O–H groups in total. The lowest BCUT2D eigenvalue weighted by molar-refractivity contribution is -0.116. The second-order valence-corrected chi connectivity index (χ2v) is 3.34. The van der Waals surface area contributed by atoms with Crippen molar-refractivity contribution in [1.82, 2.24) is 10.6 Å². The van der Waals surface area contributed by atoms with Crippen LogP contribution in [0.25, 0.3) is 0 Å². The first kappa shape index (κ1) is 10.1. The van der Waals surface area contributed by atoms with Crippen molar-refractivity contribution in [3.63, 3.8) is 0 Å². The van der Waals surface area contributed by atoms with E-state index in [-0.39, 0.29) is 11.9 Å². The number of rotatable bonds is 1. The molecule has 1 heterocycles. The third-order valence-electron chi connectivity index (χ3n) is 2.32. The first-order chi connectivity index (χ1) is 6.24. The van der Waals surface area contributed by atoms with Crippen molar-refractivity contribution in [2.24, 2.45) is 0 Å². The molecule has 1 fully saturated rings. The van der Waals surface area contributed by atoms with Crippen LogP contribution in [0, 0.1) is 11.8 Å². The van der Waals surface area contributed by atoms with Gasteiger partial charge in [0.2, 0.25) is 0 Å². The van der Waals surface area contributed by atoms with E-state index >= 15 is 0 Å². The van der Waals surface area contributed by atoms with E-state index in [0.29, 0.717) is 6.04 Å². The van der Waals surface area contributed by atoms with Crippen molar-refractivity contribution in [3.8, 4) is 11.8 Å². The van der Waals surface area contributed by atoms with Crippen LogP contribution in [0.4, 0.5) is 0 Å². The van der Waals surface area contributed by atoms with Crippen LogP contribution in [0.2, 0.25) is 0 Å². The van der Waals surface area contributed by atoms with Gasteiger partial charge < -0.3 is 10.6 Å². The Labute approximate surface area is 79.3 Å². The van der Waals surface area contributed by atoms with Crippen molar-refractivity contribution in [2.45, 2.75) is 38.8 Å². The third-order valence-corrected chi connectivity index (χ3v) is 2.32. The molecule has 0 aromatic rings. The minimum Gasteiger partial charge on any atom is -0.341 e. The molecule has 0 spiro atoms. The lowest BCUT2D eigenvalue weighted by Crippen LogP contribution is -2.51. The van der Waals surface area contributed by atoms with Gasteiger partial charge in [0.25, 0.3) is 5.91 Å². The Bertz CT molecular complexity index is 239. The Hall–Kier alpha value is -1.01. The van der Waals surface area contributed by atoms with Crippen LogP contribution in [0.3, 0.4) is 0 Å². The van der Waals surface area contributed by atoms with Crippen molar-refractivity contribution in [3.05, 3.63) is 0 Å². The maximum Gasteiger partial charge on any atom is 0.296 e. The summed E-state index contributed by atoms with van der Waals surface area (Å²) in [7, 11) is 0. The molecule has 1 saturated heterocycles. The molecule has 0 aromatic heterocycles. The van der Waals surface area contributed by atoms with Crippen LogP contribution in [0.15, 0.2) is 0 Å². The summed E-state index contributed by atoms with van der Waals surface area (Å²) in [6.07, 6.45) is 2.17. The van der Waals surface area contributed by atoms with Crippen LogP contribution in [-0.4, -0.2) is 24.5 Å². The SMILES string of the molecule is CC#CC(=O)NC1CCCNC1C. The summed E-state index contributed by atoms with van der Waals surface area (Å²) >= 11 is 0. The lowest BCUT2D eigenvalue weighted by atomic mass is 10.00. The van der Waals surface area contributed by atoms with E-state index in [1.54, 1.807) is 6.92 Å². The fourth-order valence-electron chi connectivity index (χ4n) is 1.56. The molecule has 3 nitrogen and oxygen atoms in total. The third kappa shape index (κ3) is 3.08. The predicted octanol–water partition coefficient (Wildman–Crippen LogP) is 0.266. The zero-order chi connectivity index (χ0) is 9.68. The molecule has 2 unspecified atom stereocenters. The number of amides is 1. The Morgan fingerprint density at radius 2 is 2.38 bits per heavy atom. The van der Waals surface area contributed by atoms with Gasteiger partial charge in [-0.15, -0.1) is 0 Å². The molecule has 1 amide bonds. The van der Waals surface area contributed by atoms with Crippen LogP contribution in [-0.2, 0) is 4.79 Å². The molecular formula is C10H16N2O. The van der Waals surface area contributed by atoms with Gasteiger partial charge in [-0.1, -0.05) is 5.92 Å². The Kier molecular flexibility index (Phi) is 3.78. The second kappa shape index (κ2) is 4.88. The molecular weight excluding hydrogens is 164 g/mol. The topological polar surface area (TPSA) is 41.1 Å². The van der Waals surface area contributed by atoms with Gasteiger partial charge >= 0.3 is 0 Å². The van der Waals surface area contributed by atoms with Gasteiger partial charge in [0.05, 0.1) is 0 Å². The van der Waals surface area contributed by atoms with Gasteiger partial charge in [-0.3, -0.25) is 4.79 Å². The summed E-state index contributed by atoms with van der Waals surface area (Å²) in [4.78, 5) is 11.1. The smallest absolute Gasteiger partial charge is 0.296 e. The minimum atomic E-state index is -0.164. The molecule has 1 aliphatic heterocycles. The summed E-state index contributed by atoms with van der Waals surface area (Å²) in [6.45, 7) is 4.80. The van der Waals surface area contributed by atoms with Gasteiger partial charge in [-0.2, -0.15) is 0 Å². The quantitative estimate of drug-likeness (QED) is 0.569. The summed E-state index contributed by atoms with van der Waals surface area (Å²) < 4.78 is 0. The number of carbonyl (C=O) groups excluding carboxylic acids is 1. The fraction of sp³-hybridized carbons (Fsp3) is 0.700. The Balaban J connectivity index is 2.41. The van der Waals surface area contributed by atoms with Crippen molar-refractivity contribution in [1.29, 1.82) is 0 Å². The number of hydrogen-bond donors (Lipinski definition) is 2. The maximum atomic E-state index is 11.1. The van der Waals surface area contributed by atoms with Gasteiger partial charge in [0.15, 0.2) is 0 Å². The van der Waals surface area contributed by atoms with E-state index in [4.69, 9.17) is 0 Å². The second-order valence-electron chi connectivity index (χ2n) is 3.34. The van der Waals surface area contributed by atoms with Gasteiger partial charge in [-0.25, -0.2) is 0 Å². The molecule has 0 aromatic carbocycles. The standard InChI is InChI=1S/C10H16N2O/c1-3-5-10(13)12-9-6-4-7-11-8(9)2/h8-9,11H,4,6-7H2,1-2H3,(H,12,13). The maximum absolute atomic E-state index is 11.1. The Morgan fingerprint density at radius 3 is 3.00 bits per heavy atom. The Morgan fingerprint density at radius 1 is 1.62 bits per heavy atom. The molecule has 0 aliphatic carbocycles. The fourth-order valence-corrected chi connectivity index (χ4v) is 1.56. The van der Waals surface area contributed by atoms with Crippen molar-refractivity contribution >= 4 is 5.91 Å². The van der Waals surface area contributed by atoms with E-state index in [9.17, 15) is 4.79 Å². The zero-order valence-electron chi connectivity index (χ0n) is 8.18. The summed E-state index contributed by atoms with van der Waals surface area (Å²) in [5.41, 5.74) is 0. The van der Waals surface area contributed by atoms with Crippen molar-refractivity contribution in [2.75, 3.05) is 6.54 Å².